The first-order chi connectivity index (χ1) is 15.5. The van der Waals surface area contributed by atoms with Gasteiger partial charge in [-0.2, -0.15) is 5.10 Å². The number of nitrogens with one attached hydrogen (secondary N) is 1. The zero-order valence-corrected chi connectivity index (χ0v) is 19.1. The molecule has 0 aromatic heterocycles. The van der Waals surface area contributed by atoms with Gasteiger partial charge in [-0.1, -0.05) is 35.3 Å². The summed E-state index contributed by atoms with van der Waals surface area (Å²) >= 11 is 12.4. The van der Waals surface area contributed by atoms with Gasteiger partial charge in [0.2, 0.25) is 0 Å². The summed E-state index contributed by atoms with van der Waals surface area (Å²) in [5.41, 5.74) is 4.54. The molecule has 32 heavy (non-hydrogen) atoms. The van der Waals surface area contributed by atoms with E-state index in [1.165, 1.54) is 6.21 Å². The van der Waals surface area contributed by atoms with Crippen molar-refractivity contribution in [3.63, 3.8) is 0 Å². The van der Waals surface area contributed by atoms with E-state index in [9.17, 15) is 4.79 Å². The molecule has 3 aromatic rings. The highest BCUT2D eigenvalue weighted by molar-refractivity contribution is 6.32. The van der Waals surface area contributed by atoms with Gasteiger partial charge in [0, 0.05) is 10.6 Å². The van der Waals surface area contributed by atoms with E-state index in [2.05, 4.69) is 10.5 Å². The molecule has 1 N–H and O–H groups in total. The molecule has 8 heteroatoms. The Labute approximate surface area is 196 Å². The van der Waals surface area contributed by atoms with Gasteiger partial charge in [0.15, 0.2) is 11.5 Å². The van der Waals surface area contributed by atoms with E-state index in [-0.39, 0.29) is 5.91 Å². The van der Waals surface area contributed by atoms with Gasteiger partial charge in [-0.3, -0.25) is 4.79 Å². The van der Waals surface area contributed by atoms with E-state index in [1.54, 1.807) is 55.6 Å². The number of hydrazone groups is 1. The molecule has 166 valence electrons. The molecule has 3 rings (SSSR count). The fourth-order valence-corrected chi connectivity index (χ4v) is 3.17. The summed E-state index contributed by atoms with van der Waals surface area (Å²) in [7, 11) is 1.56. The molecule has 0 atom stereocenters. The Morgan fingerprint density at radius 3 is 2.41 bits per heavy atom. The van der Waals surface area contributed by atoms with E-state index < -0.39 is 0 Å². The molecule has 1 amide bonds. The van der Waals surface area contributed by atoms with Crippen LogP contribution in [0.3, 0.4) is 0 Å². The van der Waals surface area contributed by atoms with Crippen LogP contribution in [0.4, 0.5) is 0 Å². The summed E-state index contributed by atoms with van der Waals surface area (Å²) in [5, 5.41) is 5.04. The molecule has 3 aromatic carbocycles. The number of amides is 1. The number of rotatable bonds is 9. The quantitative estimate of drug-likeness (QED) is 0.318. The van der Waals surface area contributed by atoms with Crippen molar-refractivity contribution in [2.75, 3.05) is 13.7 Å². The van der Waals surface area contributed by atoms with E-state index >= 15 is 0 Å². The summed E-state index contributed by atoms with van der Waals surface area (Å²) in [4.78, 5) is 12.2. The van der Waals surface area contributed by atoms with Crippen molar-refractivity contribution in [2.24, 2.45) is 5.10 Å². The molecule has 0 unspecified atom stereocenters. The predicted octanol–water partition coefficient (Wildman–Crippen LogP) is 5.74. The van der Waals surface area contributed by atoms with Crippen molar-refractivity contribution >= 4 is 35.3 Å². The van der Waals surface area contributed by atoms with Crippen LogP contribution in [0.5, 0.6) is 17.2 Å². The van der Waals surface area contributed by atoms with Gasteiger partial charge in [0.1, 0.15) is 12.4 Å². The number of benzene rings is 3. The molecule has 0 saturated carbocycles. The van der Waals surface area contributed by atoms with Crippen molar-refractivity contribution in [3.8, 4) is 17.2 Å². The summed E-state index contributed by atoms with van der Waals surface area (Å²) in [6, 6.07) is 17.5. The lowest BCUT2D eigenvalue weighted by atomic mass is 10.2. The second-order valence-electron chi connectivity index (χ2n) is 6.61. The highest BCUT2D eigenvalue weighted by atomic mass is 35.5. The molecule has 0 aliphatic carbocycles. The normalized spacial score (nSPS) is 10.8. The summed E-state index contributed by atoms with van der Waals surface area (Å²) in [6.07, 6.45) is 1.48. The van der Waals surface area contributed by atoms with E-state index in [1.807, 2.05) is 19.1 Å². The average molecular weight is 473 g/mol. The topological polar surface area (TPSA) is 69.2 Å². The van der Waals surface area contributed by atoms with Gasteiger partial charge < -0.3 is 14.2 Å². The molecule has 0 saturated heterocycles. The second-order valence-corrected chi connectivity index (χ2v) is 7.45. The molecule has 6 nitrogen and oxygen atoms in total. The lowest BCUT2D eigenvalue weighted by Gasteiger charge is -2.14. The molecule has 0 aliphatic rings. The molecule has 0 bridgehead atoms. The van der Waals surface area contributed by atoms with Crippen molar-refractivity contribution in [3.05, 3.63) is 87.4 Å². The maximum Gasteiger partial charge on any atom is 0.271 e. The number of hydrogen-bond donors (Lipinski definition) is 1. The zero-order chi connectivity index (χ0) is 22.9. The van der Waals surface area contributed by atoms with Gasteiger partial charge in [0.05, 0.1) is 25.0 Å². The first kappa shape index (κ1) is 23.4. The molecule has 0 heterocycles. The number of halogens is 2. The maximum atomic E-state index is 12.2. The predicted molar refractivity (Wildman–Crippen MR) is 126 cm³/mol. The smallest absolute Gasteiger partial charge is 0.271 e. The number of ether oxygens (including phenoxy) is 3. The summed E-state index contributed by atoms with van der Waals surface area (Å²) < 4.78 is 16.7. The Bertz CT molecular complexity index is 1080. The van der Waals surface area contributed by atoms with Crippen LogP contribution in [0.1, 0.15) is 28.4 Å². The van der Waals surface area contributed by atoms with Crippen LogP contribution < -0.4 is 19.6 Å². The SMILES string of the molecule is CCOc1cc(/C=N\NC(=O)c2ccc(OC)cc2)cc(Cl)c1OCc1ccc(Cl)cc1. The third-order valence-corrected chi connectivity index (χ3v) is 4.89. The Hall–Kier alpha value is -3.22. The van der Waals surface area contributed by atoms with Crippen LogP contribution in [0.2, 0.25) is 10.0 Å². The lowest BCUT2D eigenvalue weighted by Crippen LogP contribution is -2.17. The fraction of sp³-hybridized carbons (Fsp3) is 0.167. The number of hydrogen-bond acceptors (Lipinski definition) is 5. The van der Waals surface area contributed by atoms with Crippen LogP contribution in [-0.2, 0) is 6.61 Å². The zero-order valence-electron chi connectivity index (χ0n) is 17.6. The van der Waals surface area contributed by atoms with Crippen LogP contribution in [-0.4, -0.2) is 25.8 Å². The Balaban J connectivity index is 1.69. The molecular weight excluding hydrogens is 451 g/mol. The molecule has 0 spiro atoms. The third kappa shape index (κ3) is 6.39. The maximum absolute atomic E-state index is 12.2. The molecule has 0 aliphatic heterocycles. The number of methoxy groups -OCH3 is 1. The van der Waals surface area contributed by atoms with Crippen LogP contribution >= 0.6 is 23.2 Å². The van der Waals surface area contributed by atoms with Crippen molar-refractivity contribution < 1.29 is 19.0 Å². The third-order valence-electron chi connectivity index (χ3n) is 4.36. The van der Waals surface area contributed by atoms with Gasteiger partial charge in [-0.25, -0.2) is 5.43 Å². The van der Waals surface area contributed by atoms with Crippen LogP contribution in [0, 0.1) is 0 Å². The molecule has 0 fully saturated rings. The van der Waals surface area contributed by atoms with Gasteiger partial charge in [-0.05, 0) is 66.6 Å². The monoisotopic (exact) mass is 472 g/mol. The van der Waals surface area contributed by atoms with Gasteiger partial charge in [0.25, 0.3) is 5.91 Å². The minimum atomic E-state index is -0.344. The van der Waals surface area contributed by atoms with Crippen LogP contribution in [0.25, 0.3) is 0 Å². The first-order valence-electron chi connectivity index (χ1n) is 9.81. The Kier molecular flexibility index (Phi) is 8.36. The second kappa shape index (κ2) is 11.4. The summed E-state index contributed by atoms with van der Waals surface area (Å²) in [6.45, 7) is 2.61. The standard InChI is InChI=1S/C24H22Cl2N2O4/c1-3-31-22-13-17(14-27-28-24(29)18-6-10-20(30-2)11-7-18)12-21(26)23(22)32-15-16-4-8-19(25)9-5-16/h4-14H,3,15H2,1-2H3,(H,28,29)/b27-14-. The number of carbonyl (C=O) groups is 1. The first-order valence-corrected chi connectivity index (χ1v) is 10.6. The highest BCUT2D eigenvalue weighted by Crippen LogP contribution is 2.37. The van der Waals surface area contributed by atoms with Crippen molar-refractivity contribution in [1.29, 1.82) is 0 Å². The lowest BCUT2D eigenvalue weighted by molar-refractivity contribution is 0.0955. The summed E-state index contributed by atoms with van der Waals surface area (Å²) in [5.74, 6) is 1.24. The van der Waals surface area contributed by atoms with Crippen LogP contribution in [0.15, 0.2) is 65.8 Å². The molecule has 0 radical (unpaired) electrons. The fourth-order valence-electron chi connectivity index (χ4n) is 2.77. The van der Waals surface area contributed by atoms with Gasteiger partial charge in [-0.15, -0.1) is 0 Å². The van der Waals surface area contributed by atoms with Gasteiger partial charge >= 0.3 is 0 Å². The number of nitrogens with zero attached hydrogens (tertiary/aromatic N) is 1. The van der Waals surface area contributed by atoms with E-state index in [4.69, 9.17) is 37.4 Å². The van der Waals surface area contributed by atoms with Crippen molar-refractivity contribution in [1.82, 2.24) is 5.43 Å². The number of carbonyl (C=O) groups excluding carboxylic acids is 1. The average Bonchev–Trinajstić information content (AvgIpc) is 2.80. The highest BCUT2D eigenvalue weighted by Gasteiger charge is 2.13. The van der Waals surface area contributed by atoms with E-state index in [0.717, 1.165) is 5.56 Å². The minimum absolute atomic E-state index is 0.308. The Morgan fingerprint density at radius 1 is 1.03 bits per heavy atom. The largest absolute Gasteiger partial charge is 0.497 e. The molecular formula is C24H22Cl2N2O4. The Morgan fingerprint density at radius 2 is 1.75 bits per heavy atom. The van der Waals surface area contributed by atoms with E-state index in [0.29, 0.717) is 51.6 Å². The van der Waals surface area contributed by atoms with Crippen molar-refractivity contribution in [2.45, 2.75) is 13.5 Å². The minimum Gasteiger partial charge on any atom is -0.497 e.